The van der Waals surface area contributed by atoms with Gasteiger partial charge in [0, 0.05) is 37.8 Å². The molecular weight excluding hydrogens is 675 g/mol. The largest absolute Gasteiger partial charge is 0.506 e. The molecule has 2 atom stereocenters. The fraction of sp³-hybridized carbons (Fsp3) is 0.455. The predicted molar refractivity (Wildman–Crippen MR) is 189 cm³/mol. The minimum atomic E-state index is -3.59. The van der Waals surface area contributed by atoms with Gasteiger partial charge in [-0.25, -0.2) is 13.2 Å². The lowest BCUT2D eigenvalue weighted by Gasteiger charge is -2.34. The normalized spacial score (nSPS) is 17.4. The van der Waals surface area contributed by atoms with Gasteiger partial charge in [-0.2, -0.15) is 4.99 Å². The summed E-state index contributed by atoms with van der Waals surface area (Å²) in [6.45, 7) is 5.67. The molecule has 0 radical (unpaired) electrons. The zero-order valence-electron chi connectivity index (χ0n) is 27.7. The van der Waals surface area contributed by atoms with E-state index in [0.717, 1.165) is 55.2 Å². The molecular formula is C33H43N5O9S2. The first-order valence-electron chi connectivity index (χ1n) is 16.0. The predicted octanol–water partition coefficient (Wildman–Crippen LogP) is 2.89. The maximum atomic E-state index is 12.6. The first-order chi connectivity index (χ1) is 23.3. The highest BCUT2D eigenvalue weighted by atomic mass is 32.2. The van der Waals surface area contributed by atoms with Gasteiger partial charge >= 0.3 is 11.9 Å². The third-order valence-electron chi connectivity index (χ3n) is 7.78. The number of nitrogens with one attached hydrogen (secondary N) is 3. The van der Waals surface area contributed by atoms with Crippen molar-refractivity contribution in [2.75, 3.05) is 48.7 Å². The van der Waals surface area contributed by atoms with Crippen LogP contribution in [0.15, 0.2) is 52.4 Å². The van der Waals surface area contributed by atoms with E-state index in [9.17, 15) is 33.0 Å². The third kappa shape index (κ3) is 11.5. The summed E-state index contributed by atoms with van der Waals surface area (Å²) >= 11 is 1.12. The summed E-state index contributed by atoms with van der Waals surface area (Å²) < 4.78 is 35.5. The molecule has 0 aliphatic carbocycles. The number of rotatable bonds is 15. The summed E-state index contributed by atoms with van der Waals surface area (Å²) in [6.07, 6.45) is 3.68. The number of phenolic OH excluding ortho intramolecular Hbond substituents is 1. The van der Waals surface area contributed by atoms with Crippen LogP contribution in [0, 0.1) is 0 Å². The minimum absolute atomic E-state index is 0.0128. The molecule has 2 aromatic rings. The van der Waals surface area contributed by atoms with Crippen LogP contribution in [0.4, 0.5) is 11.4 Å². The molecule has 1 fully saturated rings. The number of amides is 1. The monoisotopic (exact) mass is 717 g/mol. The van der Waals surface area contributed by atoms with E-state index in [-0.39, 0.29) is 55.2 Å². The Kier molecular flexibility index (Phi) is 13.5. The van der Waals surface area contributed by atoms with Crippen LogP contribution in [0.5, 0.6) is 5.75 Å². The molecule has 0 unspecified atom stereocenters. The van der Waals surface area contributed by atoms with Crippen LogP contribution in [0.1, 0.15) is 56.8 Å². The summed E-state index contributed by atoms with van der Waals surface area (Å²) in [5.74, 6) is -1.62. The third-order valence-corrected chi connectivity index (χ3v) is 9.29. The average Bonchev–Trinajstić information content (AvgIpc) is 3.40. The van der Waals surface area contributed by atoms with E-state index in [0.29, 0.717) is 10.5 Å². The number of aliphatic hydroxyl groups excluding tert-OH is 1. The molecule has 1 amide bonds. The highest BCUT2D eigenvalue weighted by Gasteiger charge is 2.28. The molecule has 49 heavy (non-hydrogen) atoms. The summed E-state index contributed by atoms with van der Waals surface area (Å²) in [7, 11) is -3.59. The maximum absolute atomic E-state index is 12.6. The quantitative estimate of drug-likeness (QED) is 0.103. The Morgan fingerprint density at radius 2 is 1.80 bits per heavy atom. The van der Waals surface area contributed by atoms with Crippen molar-refractivity contribution in [3.63, 3.8) is 0 Å². The number of piperidine rings is 1. The number of ether oxygens (including phenoxy) is 2. The van der Waals surface area contributed by atoms with Crippen molar-refractivity contribution in [3.8, 4) is 5.75 Å². The summed E-state index contributed by atoms with van der Waals surface area (Å²) in [6, 6.07) is 11.5. The fourth-order valence-corrected chi connectivity index (χ4v) is 6.75. The number of aliphatic hydroxyl groups is 1. The zero-order valence-corrected chi connectivity index (χ0v) is 29.3. The number of carbonyl (C=O) groups excluding carboxylic acids is 3. The highest BCUT2D eigenvalue weighted by molar-refractivity contribution is 8.18. The lowest BCUT2D eigenvalue weighted by Crippen LogP contribution is -2.43. The number of carbonyl (C=O) groups is 3. The summed E-state index contributed by atoms with van der Waals surface area (Å²) in [4.78, 5) is 43.6. The molecule has 266 valence electrons. The molecule has 2 aliphatic rings. The van der Waals surface area contributed by atoms with Gasteiger partial charge in [0.15, 0.2) is 5.17 Å². The van der Waals surface area contributed by atoms with Gasteiger partial charge in [0.1, 0.15) is 11.8 Å². The zero-order chi connectivity index (χ0) is 35.6. The number of hydrogen-bond donors (Lipinski definition) is 5. The van der Waals surface area contributed by atoms with Crippen LogP contribution in [0.25, 0.3) is 6.08 Å². The van der Waals surface area contributed by atoms with E-state index in [1.54, 1.807) is 26.0 Å². The Bertz CT molecular complexity index is 1660. The van der Waals surface area contributed by atoms with Crippen molar-refractivity contribution < 1.29 is 42.5 Å². The van der Waals surface area contributed by atoms with E-state index >= 15 is 0 Å². The minimum Gasteiger partial charge on any atom is -0.506 e. The number of benzene rings is 2. The number of sulfonamides is 1. The first-order valence-corrected chi connectivity index (χ1v) is 18.7. The molecule has 0 aromatic heterocycles. The lowest BCUT2D eigenvalue weighted by atomic mass is 10.0. The van der Waals surface area contributed by atoms with Crippen molar-refractivity contribution >= 4 is 62.2 Å². The molecule has 1 saturated heterocycles. The second-order valence-corrected chi connectivity index (χ2v) is 14.3. The molecule has 16 heteroatoms. The van der Waals surface area contributed by atoms with Gasteiger partial charge in [-0.15, -0.1) is 0 Å². The van der Waals surface area contributed by atoms with Crippen LogP contribution < -0.4 is 20.3 Å². The van der Waals surface area contributed by atoms with Gasteiger partial charge in [0.05, 0.1) is 36.2 Å². The lowest BCUT2D eigenvalue weighted by molar-refractivity contribution is -0.146. The van der Waals surface area contributed by atoms with Crippen molar-refractivity contribution in [3.05, 3.63) is 58.5 Å². The number of esters is 2. The first kappa shape index (κ1) is 37.7. The Labute approximate surface area is 290 Å². The average molecular weight is 718 g/mol. The van der Waals surface area contributed by atoms with Crippen molar-refractivity contribution in [2.24, 2.45) is 4.99 Å². The maximum Gasteiger partial charge on any atom is 0.328 e. The number of hydrogen-bond acceptors (Lipinski definition) is 13. The van der Waals surface area contributed by atoms with Gasteiger partial charge in [0.25, 0.3) is 5.91 Å². The van der Waals surface area contributed by atoms with Crippen LogP contribution in [-0.4, -0.2) is 92.8 Å². The molecule has 2 heterocycles. The van der Waals surface area contributed by atoms with Crippen molar-refractivity contribution in [1.82, 2.24) is 10.6 Å². The van der Waals surface area contributed by atoms with Crippen molar-refractivity contribution in [1.29, 1.82) is 0 Å². The summed E-state index contributed by atoms with van der Waals surface area (Å²) in [5.41, 5.74) is 2.35. The van der Waals surface area contributed by atoms with Crippen molar-refractivity contribution in [2.45, 2.75) is 57.7 Å². The number of thioether (sulfide) groups is 1. The van der Waals surface area contributed by atoms with Gasteiger partial charge in [-0.05, 0) is 86.3 Å². The molecule has 2 aromatic carbocycles. The van der Waals surface area contributed by atoms with E-state index in [2.05, 4.69) is 25.2 Å². The number of nitrogens with zero attached hydrogens (tertiary/aromatic N) is 2. The second kappa shape index (κ2) is 17.5. The standard InChI is InChI=1S/C33H43N5O9S2/c1-4-46-30(41)13-11-25(32(43)47-5-2)35-33-36-31(42)29(48-33)18-21-6-9-24(10-7-21)38-16-14-23(15-17-38)34-20-28(40)22-8-12-27(39)26(19-22)37-49(3,44)45/h6-10,12,18-19,23,25,28,34,37,39-40H,4-5,11,13-17,20H2,1-3H3,(H,35,36,42)/b29-18-/t25-,28-/m0/s1. The smallest absolute Gasteiger partial charge is 0.328 e. The van der Waals surface area contributed by atoms with Crippen LogP contribution in [0.2, 0.25) is 0 Å². The van der Waals surface area contributed by atoms with Crippen LogP contribution in [0.3, 0.4) is 0 Å². The van der Waals surface area contributed by atoms with Gasteiger partial charge < -0.3 is 35.2 Å². The second-order valence-electron chi connectivity index (χ2n) is 11.6. The molecule has 2 aliphatic heterocycles. The summed E-state index contributed by atoms with van der Waals surface area (Å²) in [5, 5.41) is 27.2. The van der Waals surface area contributed by atoms with E-state index in [1.807, 2.05) is 24.3 Å². The molecule has 5 N–H and O–H groups in total. The Morgan fingerprint density at radius 3 is 2.45 bits per heavy atom. The number of anilines is 2. The van der Waals surface area contributed by atoms with Crippen LogP contribution >= 0.6 is 11.8 Å². The Balaban J connectivity index is 1.26. The highest BCUT2D eigenvalue weighted by Crippen LogP contribution is 2.30. The molecule has 14 nitrogen and oxygen atoms in total. The molecule has 4 rings (SSSR count). The molecule has 0 saturated carbocycles. The number of phenols is 1. The van der Waals surface area contributed by atoms with E-state index < -0.39 is 40.0 Å². The van der Waals surface area contributed by atoms with Gasteiger partial charge in [-0.3, -0.25) is 14.3 Å². The fourth-order valence-electron chi connectivity index (χ4n) is 5.32. The molecule has 0 bridgehead atoms. The van der Waals surface area contributed by atoms with Crippen LogP contribution in [-0.2, 0) is 33.9 Å². The van der Waals surface area contributed by atoms with Gasteiger partial charge in [-0.1, -0.05) is 18.2 Å². The number of aromatic hydroxyl groups is 1. The van der Waals surface area contributed by atoms with E-state index in [4.69, 9.17) is 9.47 Å². The Hall–Kier alpha value is -4.12. The molecule has 0 spiro atoms. The Morgan fingerprint density at radius 1 is 1.10 bits per heavy atom. The number of aliphatic imine (C=N–C) groups is 1. The topological polar surface area (TPSA) is 196 Å². The SMILES string of the molecule is CCOC(=O)CC[C@H](NC1=NC(=O)/C(=C/c2ccc(N3CCC(NC[C@H](O)c4ccc(O)c(NS(C)(=O)=O)c4)CC3)cc2)S1)C(=O)OCC. The number of amidine groups is 1. The van der Waals surface area contributed by atoms with E-state index in [1.165, 1.54) is 12.1 Å². The van der Waals surface area contributed by atoms with Gasteiger partial charge in [0.2, 0.25) is 10.0 Å².